The van der Waals surface area contributed by atoms with Gasteiger partial charge in [-0.3, -0.25) is 0 Å². The van der Waals surface area contributed by atoms with Crippen molar-refractivity contribution in [3.63, 3.8) is 0 Å². The minimum absolute atomic E-state index is 0.0528. The van der Waals surface area contributed by atoms with Crippen LogP contribution < -0.4 is 5.32 Å². The summed E-state index contributed by atoms with van der Waals surface area (Å²) in [6.07, 6.45) is 4.72. The van der Waals surface area contributed by atoms with Gasteiger partial charge in [-0.2, -0.15) is 0 Å². The lowest BCUT2D eigenvalue weighted by atomic mass is 9.64. The molecule has 2 aliphatic rings. The van der Waals surface area contributed by atoms with Crippen molar-refractivity contribution in [3.05, 3.63) is 0 Å². The molecular weight excluding hydrogens is 236 g/mol. The lowest BCUT2D eigenvalue weighted by Crippen LogP contribution is -2.62. The van der Waals surface area contributed by atoms with Crippen molar-refractivity contribution in [2.75, 3.05) is 19.6 Å². The largest absolute Gasteiger partial charge is 0.392 e. The second-order valence-electron chi connectivity index (χ2n) is 7.26. The Labute approximate surface area is 118 Å². The van der Waals surface area contributed by atoms with Crippen LogP contribution in [-0.4, -0.2) is 47.8 Å². The molecule has 0 amide bonds. The predicted molar refractivity (Wildman–Crippen MR) is 80.2 cm³/mol. The van der Waals surface area contributed by atoms with Crippen molar-refractivity contribution in [2.45, 2.75) is 71.6 Å². The zero-order valence-corrected chi connectivity index (χ0v) is 13.2. The second kappa shape index (κ2) is 6.11. The summed E-state index contributed by atoms with van der Waals surface area (Å²) in [5, 5.41) is 13.6. The van der Waals surface area contributed by atoms with E-state index in [0.29, 0.717) is 12.1 Å². The Balaban J connectivity index is 1.74. The fourth-order valence-corrected chi connectivity index (χ4v) is 3.63. The lowest BCUT2D eigenvalue weighted by Gasteiger charge is -2.51. The highest BCUT2D eigenvalue weighted by Crippen LogP contribution is 2.41. The van der Waals surface area contributed by atoms with Crippen LogP contribution in [0.5, 0.6) is 0 Å². The third kappa shape index (κ3) is 3.32. The van der Waals surface area contributed by atoms with Crippen LogP contribution in [0, 0.1) is 11.3 Å². The number of rotatable bonds is 5. The van der Waals surface area contributed by atoms with Gasteiger partial charge >= 0.3 is 0 Å². The molecule has 112 valence electrons. The summed E-state index contributed by atoms with van der Waals surface area (Å²) < 4.78 is 0. The van der Waals surface area contributed by atoms with Crippen LogP contribution in [0.3, 0.4) is 0 Å². The molecule has 0 aromatic heterocycles. The highest BCUT2D eigenvalue weighted by atomic mass is 16.3. The molecule has 0 aromatic carbocycles. The zero-order chi connectivity index (χ0) is 14.0. The monoisotopic (exact) mass is 268 g/mol. The van der Waals surface area contributed by atoms with Crippen LogP contribution in [0.1, 0.15) is 53.4 Å². The topological polar surface area (TPSA) is 35.5 Å². The van der Waals surface area contributed by atoms with E-state index in [0.717, 1.165) is 12.3 Å². The van der Waals surface area contributed by atoms with E-state index >= 15 is 0 Å². The molecule has 2 N–H and O–H groups in total. The average Bonchev–Trinajstić information content (AvgIpc) is 2.39. The Morgan fingerprint density at radius 1 is 1.32 bits per heavy atom. The first-order valence-electron chi connectivity index (χ1n) is 8.11. The summed E-state index contributed by atoms with van der Waals surface area (Å²) in [6, 6.07) is 1.08. The number of aliphatic hydroxyl groups excluding tert-OH is 1. The first-order valence-corrected chi connectivity index (χ1v) is 8.11. The first kappa shape index (κ1) is 15.3. The van der Waals surface area contributed by atoms with Crippen LogP contribution in [0.4, 0.5) is 0 Å². The van der Waals surface area contributed by atoms with Gasteiger partial charge in [-0.1, -0.05) is 20.8 Å². The maximum atomic E-state index is 9.82. The van der Waals surface area contributed by atoms with Gasteiger partial charge in [-0.05, 0) is 58.2 Å². The summed E-state index contributed by atoms with van der Waals surface area (Å²) in [7, 11) is 0. The number of piperidine rings is 1. The number of hydrogen-bond acceptors (Lipinski definition) is 3. The Kier molecular flexibility index (Phi) is 4.91. The smallest absolute Gasteiger partial charge is 0.0621 e. The molecule has 0 radical (unpaired) electrons. The maximum absolute atomic E-state index is 9.82. The summed E-state index contributed by atoms with van der Waals surface area (Å²) in [5.74, 6) is 0.807. The molecular formula is C16H32N2O. The number of likely N-dealkylation sites (tertiary alicyclic amines) is 1. The molecule has 3 nitrogen and oxygen atoms in total. The van der Waals surface area contributed by atoms with E-state index in [1.54, 1.807) is 0 Å². The Bertz CT molecular complexity index is 284. The van der Waals surface area contributed by atoms with Gasteiger partial charge in [0.2, 0.25) is 0 Å². The normalized spacial score (nSPS) is 33.9. The molecule has 0 aromatic rings. The lowest BCUT2D eigenvalue weighted by molar-refractivity contribution is -0.0780. The van der Waals surface area contributed by atoms with E-state index in [-0.39, 0.29) is 11.5 Å². The number of nitrogens with zero attached hydrogens (tertiary/aromatic N) is 1. The van der Waals surface area contributed by atoms with Gasteiger partial charge in [0.1, 0.15) is 0 Å². The van der Waals surface area contributed by atoms with Crippen molar-refractivity contribution >= 4 is 0 Å². The standard InChI is InChI=1S/C16H32N2O/c1-5-8-18-9-6-13(7-10-18)12(2)17-14-11-15(19)16(14,3)4/h12-15,17,19H,5-11H2,1-4H3. The van der Waals surface area contributed by atoms with Gasteiger partial charge in [0.15, 0.2) is 0 Å². The van der Waals surface area contributed by atoms with Gasteiger partial charge in [0, 0.05) is 17.5 Å². The van der Waals surface area contributed by atoms with Crippen LogP contribution in [0.15, 0.2) is 0 Å². The second-order valence-corrected chi connectivity index (χ2v) is 7.26. The Hall–Kier alpha value is -0.120. The van der Waals surface area contributed by atoms with E-state index in [9.17, 15) is 5.11 Å². The minimum atomic E-state index is -0.122. The summed E-state index contributed by atoms with van der Waals surface area (Å²) in [6.45, 7) is 12.7. The Morgan fingerprint density at radius 3 is 2.42 bits per heavy atom. The fraction of sp³-hybridized carbons (Fsp3) is 1.00. The van der Waals surface area contributed by atoms with Crippen LogP contribution in [0.2, 0.25) is 0 Å². The summed E-state index contributed by atoms with van der Waals surface area (Å²) in [5.41, 5.74) is 0.0528. The van der Waals surface area contributed by atoms with E-state index in [2.05, 4.69) is 37.9 Å². The van der Waals surface area contributed by atoms with Crippen molar-refractivity contribution in [1.29, 1.82) is 0 Å². The van der Waals surface area contributed by atoms with Gasteiger partial charge in [-0.25, -0.2) is 0 Å². The third-order valence-corrected chi connectivity index (χ3v) is 5.56. The molecule has 1 saturated carbocycles. The molecule has 3 unspecified atom stereocenters. The summed E-state index contributed by atoms with van der Waals surface area (Å²) >= 11 is 0. The van der Waals surface area contributed by atoms with Crippen LogP contribution in [0.25, 0.3) is 0 Å². The average molecular weight is 268 g/mol. The number of aliphatic hydroxyl groups is 1. The van der Waals surface area contributed by atoms with Crippen LogP contribution >= 0.6 is 0 Å². The first-order chi connectivity index (χ1) is 8.95. The zero-order valence-electron chi connectivity index (χ0n) is 13.2. The molecule has 3 atom stereocenters. The summed E-state index contributed by atoms with van der Waals surface area (Å²) in [4.78, 5) is 2.60. The molecule has 0 spiro atoms. The van der Waals surface area contributed by atoms with Gasteiger partial charge in [-0.15, -0.1) is 0 Å². The van der Waals surface area contributed by atoms with Gasteiger partial charge in [0.25, 0.3) is 0 Å². The molecule has 2 rings (SSSR count). The predicted octanol–water partition coefficient (Wildman–Crippen LogP) is 2.25. The van der Waals surface area contributed by atoms with Gasteiger partial charge in [0.05, 0.1) is 6.10 Å². The quantitative estimate of drug-likeness (QED) is 0.803. The molecule has 2 fully saturated rings. The molecule has 3 heteroatoms. The maximum Gasteiger partial charge on any atom is 0.0621 e. The van der Waals surface area contributed by atoms with E-state index in [1.807, 2.05) is 0 Å². The number of hydrogen-bond donors (Lipinski definition) is 2. The van der Waals surface area contributed by atoms with Crippen molar-refractivity contribution in [1.82, 2.24) is 10.2 Å². The molecule has 1 aliphatic carbocycles. The SMILES string of the molecule is CCCN1CCC(C(C)NC2CC(O)C2(C)C)CC1. The Morgan fingerprint density at radius 2 is 1.95 bits per heavy atom. The third-order valence-electron chi connectivity index (χ3n) is 5.56. The van der Waals surface area contributed by atoms with E-state index in [1.165, 1.54) is 38.9 Å². The van der Waals surface area contributed by atoms with Crippen molar-refractivity contribution < 1.29 is 5.11 Å². The molecule has 1 aliphatic heterocycles. The molecule has 19 heavy (non-hydrogen) atoms. The molecule has 1 saturated heterocycles. The fourth-order valence-electron chi connectivity index (χ4n) is 3.63. The highest BCUT2D eigenvalue weighted by Gasteiger charge is 2.47. The van der Waals surface area contributed by atoms with E-state index < -0.39 is 0 Å². The molecule has 1 heterocycles. The number of nitrogens with one attached hydrogen (secondary N) is 1. The van der Waals surface area contributed by atoms with Gasteiger partial charge < -0.3 is 15.3 Å². The molecule has 0 bridgehead atoms. The minimum Gasteiger partial charge on any atom is -0.392 e. The van der Waals surface area contributed by atoms with Crippen LogP contribution in [-0.2, 0) is 0 Å². The van der Waals surface area contributed by atoms with Crippen molar-refractivity contribution in [2.24, 2.45) is 11.3 Å². The van der Waals surface area contributed by atoms with E-state index in [4.69, 9.17) is 0 Å². The van der Waals surface area contributed by atoms with Crippen molar-refractivity contribution in [3.8, 4) is 0 Å². The highest BCUT2D eigenvalue weighted by molar-refractivity contribution is 5.02.